The molecular formula is C19H27FN2O3. The maximum absolute atomic E-state index is 13.0. The summed E-state index contributed by atoms with van der Waals surface area (Å²) in [5.41, 5.74) is 0.750. The fraction of sp³-hybridized carbons (Fsp3) is 0.632. The number of hydrogen-bond donors (Lipinski definition) is 0. The first-order chi connectivity index (χ1) is 12.0. The number of rotatable bonds is 4. The van der Waals surface area contributed by atoms with Gasteiger partial charge in [0.15, 0.2) is 0 Å². The van der Waals surface area contributed by atoms with E-state index in [9.17, 15) is 9.18 Å². The van der Waals surface area contributed by atoms with Crippen molar-refractivity contribution in [3.05, 3.63) is 35.6 Å². The van der Waals surface area contributed by atoms with Gasteiger partial charge in [-0.1, -0.05) is 12.1 Å². The second-order valence-corrected chi connectivity index (χ2v) is 7.27. The fourth-order valence-corrected chi connectivity index (χ4v) is 3.74. The lowest BCUT2D eigenvalue weighted by atomic mass is 9.91. The Hall–Kier alpha value is -1.50. The van der Waals surface area contributed by atoms with Crippen molar-refractivity contribution in [2.75, 3.05) is 39.9 Å². The van der Waals surface area contributed by atoms with Crippen molar-refractivity contribution in [3.63, 3.8) is 0 Å². The highest BCUT2D eigenvalue weighted by Gasteiger charge is 2.41. The molecule has 1 spiro atoms. The van der Waals surface area contributed by atoms with Gasteiger partial charge in [0.25, 0.3) is 0 Å². The highest BCUT2D eigenvalue weighted by atomic mass is 19.1. The lowest BCUT2D eigenvalue weighted by Gasteiger charge is -2.47. The van der Waals surface area contributed by atoms with Crippen molar-refractivity contribution in [2.24, 2.45) is 0 Å². The van der Waals surface area contributed by atoms with E-state index in [0.717, 1.165) is 44.7 Å². The molecule has 2 saturated heterocycles. The number of morpholine rings is 1. The standard InChI is InChI=1S/C19H27FN2O3/c1-15-11-22(14-19(25-15)7-9-24-10-8-19)13-18(23)21(2)12-16-3-5-17(20)6-4-16/h3-6,15H,7-14H2,1-2H3. The smallest absolute Gasteiger partial charge is 0.236 e. The van der Waals surface area contributed by atoms with Gasteiger partial charge in [-0.3, -0.25) is 9.69 Å². The Morgan fingerprint density at radius 1 is 1.32 bits per heavy atom. The fourth-order valence-electron chi connectivity index (χ4n) is 3.74. The minimum Gasteiger partial charge on any atom is -0.381 e. The lowest BCUT2D eigenvalue weighted by Crippen LogP contribution is -2.58. The topological polar surface area (TPSA) is 42.0 Å². The van der Waals surface area contributed by atoms with Gasteiger partial charge < -0.3 is 14.4 Å². The number of amides is 1. The van der Waals surface area contributed by atoms with Crippen molar-refractivity contribution in [1.29, 1.82) is 0 Å². The zero-order valence-electron chi connectivity index (χ0n) is 15.0. The summed E-state index contributed by atoms with van der Waals surface area (Å²) in [6.45, 7) is 5.91. The van der Waals surface area contributed by atoms with Gasteiger partial charge in [0.2, 0.25) is 5.91 Å². The third-order valence-corrected chi connectivity index (χ3v) is 5.00. The Bertz CT molecular complexity index is 587. The van der Waals surface area contributed by atoms with E-state index in [-0.39, 0.29) is 23.4 Å². The molecule has 0 aromatic heterocycles. The largest absolute Gasteiger partial charge is 0.381 e. The van der Waals surface area contributed by atoms with Crippen LogP contribution in [-0.4, -0.2) is 67.3 Å². The molecule has 1 unspecified atom stereocenters. The molecule has 2 heterocycles. The van der Waals surface area contributed by atoms with Crippen molar-refractivity contribution in [1.82, 2.24) is 9.80 Å². The molecule has 0 saturated carbocycles. The first-order valence-electron chi connectivity index (χ1n) is 8.92. The van der Waals surface area contributed by atoms with Crippen LogP contribution in [0, 0.1) is 5.82 Å². The summed E-state index contributed by atoms with van der Waals surface area (Å²) in [6.07, 6.45) is 1.88. The monoisotopic (exact) mass is 350 g/mol. The van der Waals surface area contributed by atoms with Crippen molar-refractivity contribution in [2.45, 2.75) is 38.0 Å². The SMILES string of the molecule is CC1CN(CC(=O)N(C)Cc2ccc(F)cc2)CC2(CCOCC2)O1. The molecule has 25 heavy (non-hydrogen) atoms. The van der Waals surface area contributed by atoms with E-state index in [1.165, 1.54) is 12.1 Å². The molecule has 0 aliphatic carbocycles. The van der Waals surface area contributed by atoms with E-state index >= 15 is 0 Å². The van der Waals surface area contributed by atoms with Crippen LogP contribution in [-0.2, 0) is 20.8 Å². The summed E-state index contributed by atoms with van der Waals surface area (Å²) in [4.78, 5) is 16.5. The van der Waals surface area contributed by atoms with Crippen molar-refractivity contribution in [3.8, 4) is 0 Å². The third-order valence-electron chi connectivity index (χ3n) is 5.00. The molecule has 1 amide bonds. The van der Waals surface area contributed by atoms with Crippen LogP contribution in [0.25, 0.3) is 0 Å². The molecule has 2 fully saturated rings. The van der Waals surface area contributed by atoms with Gasteiger partial charge in [0, 0.05) is 52.7 Å². The number of hydrogen-bond acceptors (Lipinski definition) is 4. The quantitative estimate of drug-likeness (QED) is 0.834. The van der Waals surface area contributed by atoms with E-state index in [4.69, 9.17) is 9.47 Å². The van der Waals surface area contributed by atoms with Crippen LogP contribution in [0.4, 0.5) is 4.39 Å². The minimum atomic E-state index is -0.262. The maximum atomic E-state index is 13.0. The maximum Gasteiger partial charge on any atom is 0.236 e. The Morgan fingerprint density at radius 3 is 2.68 bits per heavy atom. The first-order valence-corrected chi connectivity index (χ1v) is 8.92. The average Bonchev–Trinajstić information content (AvgIpc) is 2.56. The van der Waals surface area contributed by atoms with Gasteiger partial charge in [0.05, 0.1) is 18.2 Å². The van der Waals surface area contributed by atoms with Crippen LogP contribution in [0.2, 0.25) is 0 Å². The zero-order valence-corrected chi connectivity index (χ0v) is 15.0. The third kappa shape index (κ3) is 4.77. The molecule has 1 aromatic carbocycles. The normalized spacial score (nSPS) is 23.6. The molecule has 1 aromatic rings. The minimum absolute atomic E-state index is 0.0700. The Labute approximate surface area is 148 Å². The first kappa shape index (κ1) is 18.3. The van der Waals surface area contributed by atoms with Gasteiger partial charge in [-0.15, -0.1) is 0 Å². The van der Waals surface area contributed by atoms with Crippen LogP contribution < -0.4 is 0 Å². The second kappa shape index (κ2) is 7.81. The van der Waals surface area contributed by atoms with Crippen molar-refractivity contribution < 1.29 is 18.7 Å². The number of carbonyl (C=O) groups is 1. The Morgan fingerprint density at radius 2 is 2.00 bits per heavy atom. The van der Waals surface area contributed by atoms with Crippen LogP contribution in [0.15, 0.2) is 24.3 Å². The van der Waals surface area contributed by atoms with E-state index in [2.05, 4.69) is 11.8 Å². The Kier molecular flexibility index (Phi) is 5.71. The van der Waals surface area contributed by atoms with Gasteiger partial charge >= 0.3 is 0 Å². The van der Waals surface area contributed by atoms with E-state index < -0.39 is 0 Å². The molecule has 0 radical (unpaired) electrons. The molecule has 138 valence electrons. The number of halogens is 1. The van der Waals surface area contributed by atoms with Crippen molar-refractivity contribution >= 4 is 5.91 Å². The summed E-state index contributed by atoms with van der Waals surface area (Å²) in [7, 11) is 1.79. The van der Waals surface area contributed by atoms with E-state index in [1.807, 2.05) is 0 Å². The molecule has 3 rings (SSSR count). The average molecular weight is 350 g/mol. The van der Waals surface area contributed by atoms with Crippen LogP contribution in [0.1, 0.15) is 25.3 Å². The number of ether oxygens (including phenoxy) is 2. The number of likely N-dealkylation sites (N-methyl/N-ethyl adjacent to an activating group) is 1. The zero-order chi connectivity index (χ0) is 17.9. The van der Waals surface area contributed by atoms with Gasteiger partial charge in [-0.05, 0) is 24.6 Å². The highest BCUT2D eigenvalue weighted by Crippen LogP contribution is 2.31. The predicted molar refractivity (Wildman–Crippen MR) is 92.6 cm³/mol. The van der Waals surface area contributed by atoms with E-state index in [1.54, 1.807) is 24.1 Å². The van der Waals surface area contributed by atoms with Gasteiger partial charge in [-0.25, -0.2) is 4.39 Å². The highest BCUT2D eigenvalue weighted by molar-refractivity contribution is 5.78. The molecule has 0 bridgehead atoms. The summed E-state index contributed by atoms with van der Waals surface area (Å²) < 4.78 is 24.7. The number of benzene rings is 1. The summed E-state index contributed by atoms with van der Waals surface area (Å²) in [5, 5.41) is 0. The van der Waals surface area contributed by atoms with Gasteiger partial charge in [0.1, 0.15) is 5.82 Å². The number of carbonyl (C=O) groups excluding carboxylic acids is 1. The Balaban J connectivity index is 1.56. The van der Waals surface area contributed by atoms with Crippen LogP contribution in [0.3, 0.4) is 0 Å². The summed E-state index contributed by atoms with van der Waals surface area (Å²) >= 11 is 0. The molecule has 2 aliphatic heterocycles. The van der Waals surface area contributed by atoms with Crippen LogP contribution in [0.5, 0.6) is 0 Å². The molecule has 2 aliphatic rings. The predicted octanol–water partition coefficient (Wildman–Crippen LogP) is 2.05. The summed E-state index contributed by atoms with van der Waals surface area (Å²) in [5.74, 6) is -0.192. The van der Waals surface area contributed by atoms with Gasteiger partial charge in [-0.2, -0.15) is 0 Å². The molecule has 5 nitrogen and oxygen atoms in total. The lowest BCUT2D eigenvalue weighted by molar-refractivity contribution is -0.185. The van der Waals surface area contributed by atoms with E-state index in [0.29, 0.717) is 13.1 Å². The number of nitrogens with zero attached hydrogens (tertiary/aromatic N) is 2. The molecule has 1 atom stereocenters. The molecule has 6 heteroatoms. The van der Waals surface area contributed by atoms with Crippen LogP contribution >= 0.6 is 0 Å². The molecular weight excluding hydrogens is 323 g/mol. The summed E-state index contributed by atoms with van der Waals surface area (Å²) in [6, 6.07) is 6.28. The second-order valence-electron chi connectivity index (χ2n) is 7.27. The molecule has 0 N–H and O–H groups in total.